The minimum absolute atomic E-state index is 0.0564. The summed E-state index contributed by atoms with van der Waals surface area (Å²) in [5.41, 5.74) is 5.10. The van der Waals surface area contributed by atoms with Crippen LogP contribution in [0.1, 0.15) is 65.9 Å². The van der Waals surface area contributed by atoms with Gasteiger partial charge in [0.05, 0.1) is 25.4 Å². The van der Waals surface area contributed by atoms with Gasteiger partial charge in [0.15, 0.2) is 5.78 Å². The molecule has 204 valence electrons. The molecule has 0 fully saturated rings. The summed E-state index contributed by atoms with van der Waals surface area (Å²) >= 11 is 0. The highest BCUT2D eigenvalue weighted by Gasteiger charge is 2.45. The SMILES string of the molecule is CC(C)=CCC/C(C)=C/[C@@H]1CC(C)=C[C@]2(C=C(COCc3c(F)cccc3F)[C@H]3CC(=O)C(C)=C[C@H]3O2)O1. The van der Waals surface area contributed by atoms with E-state index in [4.69, 9.17) is 14.2 Å². The van der Waals surface area contributed by atoms with Crippen molar-refractivity contribution >= 4 is 5.78 Å². The van der Waals surface area contributed by atoms with Crippen molar-refractivity contribution < 1.29 is 27.8 Å². The Balaban J connectivity index is 1.58. The van der Waals surface area contributed by atoms with Gasteiger partial charge in [-0.1, -0.05) is 34.9 Å². The van der Waals surface area contributed by atoms with Gasteiger partial charge in [-0.25, -0.2) is 8.78 Å². The van der Waals surface area contributed by atoms with Crippen LogP contribution in [0.2, 0.25) is 0 Å². The number of hydrogen-bond acceptors (Lipinski definition) is 4. The number of ketones is 1. The summed E-state index contributed by atoms with van der Waals surface area (Å²) in [5.74, 6) is -2.56. The van der Waals surface area contributed by atoms with Crippen molar-refractivity contribution in [3.05, 3.63) is 93.6 Å². The number of carbonyl (C=O) groups excluding carboxylic acids is 1. The van der Waals surface area contributed by atoms with E-state index < -0.39 is 17.4 Å². The summed E-state index contributed by atoms with van der Waals surface area (Å²) in [6.07, 6.45) is 12.6. The third-order valence-corrected chi connectivity index (χ3v) is 7.28. The van der Waals surface area contributed by atoms with E-state index in [0.717, 1.165) is 30.4 Å². The Labute approximate surface area is 224 Å². The first-order chi connectivity index (χ1) is 18.0. The van der Waals surface area contributed by atoms with Crippen LogP contribution in [-0.4, -0.2) is 30.4 Å². The predicted octanol–water partition coefficient (Wildman–Crippen LogP) is 7.47. The van der Waals surface area contributed by atoms with E-state index in [1.54, 1.807) is 6.92 Å². The first kappa shape index (κ1) is 28.3. The van der Waals surface area contributed by atoms with Gasteiger partial charge in [0.2, 0.25) is 5.79 Å². The van der Waals surface area contributed by atoms with Gasteiger partial charge in [-0.05, 0) is 95.4 Å². The summed E-state index contributed by atoms with van der Waals surface area (Å²) in [6.45, 7) is 10.1. The molecular weight excluding hydrogens is 486 g/mol. The zero-order valence-electron chi connectivity index (χ0n) is 23.0. The Morgan fingerprint density at radius 2 is 1.82 bits per heavy atom. The minimum Gasteiger partial charge on any atom is -0.372 e. The van der Waals surface area contributed by atoms with Crippen LogP contribution >= 0.6 is 0 Å². The molecule has 0 N–H and O–H groups in total. The lowest BCUT2D eigenvalue weighted by atomic mass is 9.79. The molecule has 0 aromatic heterocycles. The van der Waals surface area contributed by atoms with Gasteiger partial charge in [-0.2, -0.15) is 0 Å². The molecule has 0 saturated carbocycles. The Kier molecular flexibility index (Phi) is 8.96. The second-order valence-corrected chi connectivity index (χ2v) is 11.0. The molecule has 1 aromatic carbocycles. The molecule has 0 unspecified atom stereocenters. The molecule has 1 aliphatic carbocycles. The maximum absolute atomic E-state index is 14.1. The molecule has 6 heteroatoms. The Morgan fingerprint density at radius 1 is 1.08 bits per heavy atom. The maximum Gasteiger partial charge on any atom is 0.209 e. The molecule has 0 bridgehead atoms. The van der Waals surface area contributed by atoms with Crippen molar-refractivity contribution in [3.63, 3.8) is 0 Å². The number of benzene rings is 1. The van der Waals surface area contributed by atoms with E-state index in [0.29, 0.717) is 12.0 Å². The molecule has 1 aromatic rings. The van der Waals surface area contributed by atoms with E-state index in [-0.39, 0.29) is 42.7 Å². The van der Waals surface area contributed by atoms with Crippen LogP contribution in [-0.2, 0) is 25.6 Å². The zero-order chi connectivity index (χ0) is 27.4. The van der Waals surface area contributed by atoms with Crippen LogP contribution in [0.4, 0.5) is 8.78 Å². The fourth-order valence-electron chi connectivity index (χ4n) is 5.34. The quantitative estimate of drug-likeness (QED) is 0.331. The lowest BCUT2D eigenvalue weighted by Gasteiger charge is -2.45. The van der Waals surface area contributed by atoms with Crippen LogP contribution in [0.15, 0.2) is 76.4 Å². The highest BCUT2D eigenvalue weighted by atomic mass is 19.1. The second-order valence-electron chi connectivity index (χ2n) is 11.0. The van der Waals surface area contributed by atoms with Gasteiger partial charge < -0.3 is 14.2 Å². The molecule has 2 aliphatic heterocycles. The highest BCUT2D eigenvalue weighted by molar-refractivity contribution is 5.96. The summed E-state index contributed by atoms with van der Waals surface area (Å²) in [6, 6.07) is 3.76. The lowest BCUT2D eigenvalue weighted by Crippen LogP contribution is -2.49. The second kappa shape index (κ2) is 12.0. The summed E-state index contributed by atoms with van der Waals surface area (Å²) in [7, 11) is 0. The third kappa shape index (κ3) is 6.85. The molecule has 4 rings (SSSR count). The topological polar surface area (TPSA) is 44.8 Å². The number of fused-ring (bicyclic) bond motifs is 1. The van der Waals surface area contributed by atoms with Crippen molar-refractivity contribution in [2.75, 3.05) is 6.61 Å². The van der Waals surface area contributed by atoms with Crippen LogP contribution in [0.25, 0.3) is 0 Å². The number of carbonyl (C=O) groups is 1. The van der Waals surface area contributed by atoms with Crippen molar-refractivity contribution in [3.8, 4) is 0 Å². The van der Waals surface area contributed by atoms with Gasteiger partial charge in [0, 0.05) is 17.9 Å². The van der Waals surface area contributed by atoms with E-state index in [2.05, 4.69) is 39.8 Å². The molecule has 4 nitrogen and oxygen atoms in total. The molecule has 38 heavy (non-hydrogen) atoms. The molecule has 2 heterocycles. The molecular formula is C32H38F2O4. The van der Waals surface area contributed by atoms with Crippen LogP contribution < -0.4 is 0 Å². The Bertz CT molecular complexity index is 1200. The van der Waals surface area contributed by atoms with Gasteiger partial charge in [0.25, 0.3) is 0 Å². The van der Waals surface area contributed by atoms with Gasteiger partial charge >= 0.3 is 0 Å². The standard InChI is InChI=1S/C32H38F2O4/c1-20(2)8-6-9-21(3)12-25-13-22(4)16-32(37-25)17-24(26-15-30(35)23(5)14-31(26)38-32)18-36-19-27-28(33)10-7-11-29(27)34/h7-8,10-12,14,16-17,25-26,31H,6,9,13,15,18-19H2,1-5H3/b21-12+/t25-,26-,31-,32+/m1/s1. The fourth-order valence-corrected chi connectivity index (χ4v) is 5.34. The number of Topliss-reactive ketones (excluding diaryl/α,β-unsaturated/α-hetero) is 1. The molecule has 0 amide bonds. The molecule has 0 saturated heterocycles. The molecule has 3 aliphatic rings. The van der Waals surface area contributed by atoms with E-state index >= 15 is 0 Å². The lowest BCUT2D eigenvalue weighted by molar-refractivity contribution is -0.225. The zero-order valence-corrected chi connectivity index (χ0v) is 23.0. The van der Waals surface area contributed by atoms with Gasteiger partial charge in [-0.15, -0.1) is 0 Å². The highest BCUT2D eigenvalue weighted by Crippen LogP contribution is 2.42. The van der Waals surface area contributed by atoms with Crippen molar-refractivity contribution in [2.45, 2.75) is 84.9 Å². The van der Waals surface area contributed by atoms with Crippen molar-refractivity contribution in [1.29, 1.82) is 0 Å². The van der Waals surface area contributed by atoms with E-state index in [1.807, 2.05) is 18.2 Å². The number of ether oxygens (including phenoxy) is 3. The third-order valence-electron chi connectivity index (χ3n) is 7.28. The number of allylic oxidation sites excluding steroid dienone is 4. The monoisotopic (exact) mass is 524 g/mol. The molecule has 0 radical (unpaired) electrons. The van der Waals surface area contributed by atoms with Crippen LogP contribution in [0, 0.1) is 17.6 Å². The van der Waals surface area contributed by atoms with Crippen LogP contribution in [0.5, 0.6) is 0 Å². The average Bonchev–Trinajstić information content (AvgIpc) is 2.81. The summed E-state index contributed by atoms with van der Waals surface area (Å²) in [5, 5.41) is 0. The largest absolute Gasteiger partial charge is 0.372 e. The Hall–Kier alpha value is -2.67. The summed E-state index contributed by atoms with van der Waals surface area (Å²) in [4.78, 5) is 12.6. The van der Waals surface area contributed by atoms with Crippen molar-refractivity contribution in [2.24, 2.45) is 5.92 Å². The predicted molar refractivity (Wildman–Crippen MR) is 144 cm³/mol. The van der Waals surface area contributed by atoms with E-state index in [1.165, 1.54) is 29.3 Å². The van der Waals surface area contributed by atoms with Crippen LogP contribution in [0.3, 0.4) is 0 Å². The number of hydrogen-bond donors (Lipinski definition) is 0. The Morgan fingerprint density at radius 3 is 2.53 bits per heavy atom. The smallest absolute Gasteiger partial charge is 0.209 e. The normalized spacial score (nSPS) is 27.4. The average molecular weight is 525 g/mol. The summed E-state index contributed by atoms with van der Waals surface area (Å²) < 4.78 is 47.2. The first-order valence-electron chi connectivity index (χ1n) is 13.3. The molecule has 1 spiro atoms. The van der Waals surface area contributed by atoms with Gasteiger partial charge in [0.1, 0.15) is 11.6 Å². The number of rotatable bonds is 8. The minimum atomic E-state index is -1.11. The van der Waals surface area contributed by atoms with Crippen molar-refractivity contribution in [1.82, 2.24) is 0 Å². The first-order valence-corrected chi connectivity index (χ1v) is 13.3. The van der Waals surface area contributed by atoms with Gasteiger partial charge in [-0.3, -0.25) is 4.79 Å². The van der Waals surface area contributed by atoms with E-state index in [9.17, 15) is 13.6 Å². The number of halogens is 2. The molecule has 4 atom stereocenters. The maximum atomic E-state index is 14.1. The fraction of sp³-hybridized carbons (Fsp3) is 0.469.